The van der Waals surface area contributed by atoms with Gasteiger partial charge in [-0.15, -0.1) is 0 Å². The third kappa shape index (κ3) is 6.11. The second-order valence-electron chi connectivity index (χ2n) is 2.79. The smallest absolute Gasteiger partial charge is 0.237 e. The van der Waals surface area contributed by atoms with Crippen molar-refractivity contribution in [3.63, 3.8) is 0 Å². The molecule has 0 aromatic carbocycles. The summed E-state index contributed by atoms with van der Waals surface area (Å²) in [5.41, 5.74) is 0. The van der Waals surface area contributed by atoms with Crippen molar-refractivity contribution in [3.8, 4) is 6.07 Å². The molecule has 0 aromatic rings. The van der Waals surface area contributed by atoms with Gasteiger partial charge in [-0.1, -0.05) is 0 Å². The molecular weight excluding hydrogens is 192 g/mol. The molecular formula is C7H12N2O3S. The average Bonchev–Trinajstić information content (AvgIpc) is 1.96. The second kappa shape index (κ2) is 4.82. The Labute approximate surface area is 77.9 Å². The van der Waals surface area contributed by atoms with E-state index >= 15 is 0 Å². The van der Waals surface area contributed by atoms with E-state index in [0.717, 1.165) is 6.26 Å². The lowest BCUT2D eigenvalue weighted by molar-refractivity contribution is -0.127. The van der Waals surface area contributed by atoms with Crippen LogP contribution in [-0.4, -0.2) is 44.8 Å². The number of amides is 1. The molecule has 0 N–H and O–H groups in total. The van der Waals surface area contributed by atoms with Crippen LogP contribution in [0.1, 0.15) is 6.42 Å². The molecule has 0 aliphatic rings. The van der Waals surface area contributed by atoms with Crippen molar-refractivity contribution in [2.24, 2.45) is 0 Å². The molecule has 13 heavy (non-hydrogen) atoms. The zero-order valence-electron chi connectivity index (χ0n) is 7.65. The van der Waals surface area contributed by atoms with Crippen molar-refractivity contribution in [3.05, 3.63) is 0 Å². The quantitative estimate of drug-likeness (QED) is 0.612. The van der Waals surface area contributed by atoms with Gasteiger partial charge < -0.3 is 4.90 Å². The summed E-state index contributed by atoms with van der Waals surface area (Å²) in [6.07, 6.45) is 1.22. The molecule has 0 aliphatic heterocycles. The molecule has 0 saturated heterocycles. The average molecular weight is 204 g/mol. The highest BCUT2D eigenvalue weighted by atomic mass is 32.2. The highest BCUT2D eigenvalue weighted by Crippen LogP contribution is 1.92. The van der Waals surface area contributed by atoms with Gasteiger partial charge >= 0.3 is 0 Å². The summed E-state index contributed by atoms with van der Waals surface area (Å²) >= 11 is 0. The van der Waals surface area contributed by atoms with Crippen molar-refractivity contribution in [1.29, 1.82) is 5.26 Å². The summed E-state index contributed by atoms with van der Waals surface area (Å²) < 4.78 is 21.4. The Morgan fingerprint density at radius 1 is 1.54 bits per heavy atom. The van der Waals surface area contributed by atoms with Crippen LogP contribution in [0, 0.1) is 11.3 Å². The zero-order valence-corrected chi connectivity index (χ0v) is 8.47. The lowest BCUT2D eigenvalue weighted by Crippen LogP contribution is -2.32. The maximum Gasteiger partial charge on any atom is 0.237 e. The highest BCUT2D eigenvalue weighted by Gasteiger charge is 2.14. The van der Waals surface area contributed by atoms with Crippen LogP contribution in [0.15, 0.2) is 0 Å². The van der Waals surface area contributed by atoms with Gasteiger partial charge in [0.1, 0.15) is 5.75 Å². The van der Waals surface area contributed by atoms with Crippen LogP contribution in [0.25, 0.3) is 0 Å². The number of sulfone groups is 1. The molecule has 0 fully saturated rings. The maximum atomic E-state index is 11.1. The standard InChI is InChI=1S/C7H12N2O3S/c1-9(5-3-4-8)7(10)6-13(2,11)12/h3,5-6H2,1-2H3. The first-order valence-electron chi connectivity index (χ1n) is 3.65. The van der Waals surface area contributed by atoms with E-state index < -0.39 is 21.5 Å². The first-order valence-corrected chi connectivity index (χ1v) is 5.71. The van der Waals surface area contributed by atoms with E-state index in [4.69, 9.17) is 5.26 Å². The third-order valence-corrected chi connectivity index (χ3v) is 2.14. The summed E-state index contributed by atoms with van der Waals surface area (Å²) in [5.74, 6) is -0.965. The van der Waals surface area contributed by atoms with E-state index in [0.29, 0.717) is 0 Å². The van der Waals surface area contributed by atoms with Gasteiger partial charge in [0, 0.05) is 19.8 Å². The first kappa shape index (κ1) is 11.9. The molecule has 5 nitrogen and oxygen atoms in total. The van der Waals surface area contributed by atoms with Crippen LogP contribution in [0.5, 0.6) is 0 Å². The van der Waals surface area contributed by atoms with Gasteiger partial charge in [-0.25, -0.2) is 8.42 Å². The lowest BCUT2D eigenvalue weighted by Gasteiger charge is -2.14. The van der Waals surface area contributed by atoms with Crippen molar-refractivity contribution in [2.45, 2.75) is 6.42 Å². The Morgan fingerprint density at radius 2 is 2.08 bits per heavy atom. The van der Waals surface area contributed by atoms with E-state index in [2.05, 4.69) is 0 Å². The van der Waals surface area contributed by atoms with E-state index in [9.17, 15) is 13.2 Å². The predicted molar refractivity (Wildman–Crippen MR) is 47.6 cm³/mol. The fraction of sp³-hybridized carbons (Fsp3) is 0.714. The van der Waals surface area contributed by atoms with Gasteiger partial charge in [0.25, 0.3) is 0 Å². The van der Waals surface area contributed by atoms with Gasteiger partial charge in [-0.2, -0.15) is 5.26 Å². The molecule has 0 aliphatic carbocycles. The molecule has 0 unspecified atom stereocenters. The van der Waals surface area contributed by atoms with Crippen LogP contribution in [0.4, 0.5) is 0 Å². The SMILES string of the molecule is CN(CCC#N)C(=O)CS(C)(=O)=O. The van der Waals surface area contributed by atoms with Crippen LogP contribution in [-0.2, 0) is 14.6 Å². The number of nitriles is 1. The number of rotatable bonds is 4. The maximum absolute atomic E-state index is 11.1. The Bertz CT molecular complexity index is 315. The molecule has 0 radical (unpaired) electrons. The summed E-state index contributed by atoms with van der Waals surface area (Å²) in [4.78, 5) is 12.3. The normalized spacial score (nSPS) is 10.5. The van der Waals surface area contributed by atoms with Gasteiger partial charge in [-0.05, 0) is 0 Å². The Balaban J connectivity index is 4.06. The third-order valence-electron chi connectivity index (χ3n) is 1.37. The lowest BCUT2D eigenvalue weighted by atomic mass is 10.4. The molecule has 0 rings (SSSR count). The molecule has 0 spiro atoms. The first-order chi connectivity index (χ1) is 5.87. The van der Waals surface area contributed by atoms with E-state index in [1.807, 2.05) is 6.07 Å². The van der Waals surface area contributed by atoms with Crippen molar-refractivity contribution in [2.75, 3.05) is 25.6 Å². The summed E-state index contributed by atoms with van der Waals surface area (Å²) in [6, 6.07) is 1.87. The molecule has 0 atom stereocenters. The van der Waals surface area contributed by atoms with E-state index in [-0.39, 0.29) is 13.0 Å². The topological polar surface area (TPSA) is 78.2 Å². The van der Waals surface area contributed by atoms with Crippen molar-refractivity contribution < 1.29 is 13.2 Å². The Hall–Kier alpha value is -1.09. The molecule has 0 heterocycles. The van der Waals surface area contributed by atoms with Crippen molar-refractivity contribution in [1.82, 2.24) is 4.90 Å². The monoisotopic (exact) mass is 204 g/mol. The van der Waals surface area contributed by atoms with Crippen LogP contribution < -0.4 is 0 Å². The van der Waals surface area contributed by atoms with Crippen molar-refractivity contribution >= 4 is 15.7 Å². The summed E-state index contributed by atoms with van der Waals surface area (Å²) in [7, 11) is -1.79. The number of nitrogens with zero attached hydrogens (tertiary/aromatic N) is 2. The molecule has 1 amide bonds. The van der Waals surface area contributed by atoms with Crippen LogP contribution in [0.3, 0.4) is 0 Å². The molecule has 0 bridgehead atoms. The zero-order chi connectivity index (χ0) is 10.5. The van der Waals surface area contributed by atoms with Crippen LogP contribution in [0.2, 0.25) is 0 Å². The minimum atomic E-state index is -3.27. The molecule has 6 heteroatoms. The predicted octanol–water partition coefficient (Wildman–Crippen LogP) is -0.597. The number of hydrogen-bond acceptors (Lipinski definition) is 4. The Morgan fingerprint density at radius 3 is 2.46 bits per heavy atom. The van der Waals surface area contributed by atoms with E-state index in [1.165, 1.54) is 11.9 Å². The second-order valence-corrected chi connectivity index (χ2v) is 4.93. The highest BCUT2D eigenvalue weighted by molar-refractivity contribution is 7.91. The summed E-state index contributed by atoms with van der Waals surface area (Å²) in [5, 5.41) is 8.22. The fourth-order valence-corrected chi connectivity index (χ4v) is 1.35. The molecule has 0 aromatic heterocycles. The number of carbonyl (C=O) groups excluding carboxylic acids is 1. The van der Waals surface area contributed by atoms with Gasteiger partial charge in [-0.3, -0.25) is 4.79 Å². The largest absolute Gasteiger partial charge is 0.344 e. The van der Waals surface area contributed by atoms with Gasteiger partial charge in [0.2, 0.25) is 5.91 Å². The molecule has 0 saturated carbocycles. The number of hydrogen-bond donors (Lipinski definition) is 0. The Kier molecular flexibility index (Phi) is 4.42. The van der Waals surface area contributed by atoms with Crippen LogP contribution >= 0.6 is 0 Å². The van der Waals surface area contributed by atoms with E-state index in [1.54, 1.807) is 0 Å². The minimum absolute atomic E-state index is 0.214. The van der Waals surface area contributed by atoms with Gasteiger partial charge in [0.05, 0.1) is 12.5 Å². The minimum Gasteiger partial charge on any atom is -0.344 e. The summed E-state index contributed by atoms with van der Waals surface area (Å²) in [6.45, 7) is 0.269. The fourth-order valence-electron chi connectivity index (χ4n) is 0.677. The molecule has 74 valence electrons. The van der Waals surface area contributed by atoms with Gasteiger partial charge in [0.15, 0.2) is 9.84 Å². The number of carbonyl (C=O) groups is 1.